The predicted molar refractivity (Wildman–Crippen MR) is 77.4 cm³/mol. The van der Waals surface area contributed by atoms with E-state index in [9.17, 15) is 4.79 Å². The fourth-order valence-electron chi connectivity index (χ4n) is 2.60. The number of para-hydroxylation sites is 1. The maximum atomic E-state index is 12.7. The zero-order valence-electron chi connectivity index (χ0n) is 11.3. The lowest BCUT2D eigenvalue weighted by Crippen LogP contribution is -2.55. The highest BCUT2D eigenvalue weighted by Crippen LogP contribution is 2.37. The van der Waals surface area contributed by atoms with Gasteiger partial charge < -0.3 is 14.6 Å². The van der Waals surface area contributed by atoms with Crippen LogP contribution in [0.25, 0.3) is 0 Å². The van der Waals surface area contributed by atoms with Gasteiger partial charge in [-0.15, -0.1) is 6.58 Å². The van der Waals surface area contributed by atoms with E-state index in [4.69, 9.17) is 4.42 Å². The third-order valence-electron chi connectivity index (χ3n) is 3.63. The first-order valence-corrected chi connectivity index (χ1v) is 6.51. The molecule has 2 heterocycles. The topological polar surface area (TPSA) is 45.5 Å². The molecule has 1 aromatic heterocycles. The van der Waals surface area contributed by atoms with Gasteiger partial charge in [-0.25, -0.2) is 0 Å². The van der Waals surface area contributed by atoms with Gasteiger partial charge in [-0.2, -0.15) is 0 Å². The first-order valence-electron chi connectivity index (χ1n) is 6.51. The summed E-state index contributed by atoms with van der Waals surface area (Å²) in [6, 6.07) is 11.2. The van der Waals surface area contributed by atoms with Crippen LogP contribution in [0, 0.1) is 0 Å². The summed E-state index contributed by atoms with van der Waals surface area (Å²) in [5, 5.41) is 3.40. The van der Waals surface area contributed by atoms with E-state index in [1.165, 1.54) is 0 Å². The molecule has 0 fully saturated rings. The Morgan fingerprint density at radius 3 is 2.85 bits per heavy atom. The maximum Gasteiger partial charge on any atom is 0.258 e. The first kappa shape index (κ1) is 12.5. The second-order valence-corrected chi connectivity index (χ2v) is 4.92. The Balaban J connectivity index is 2.14. The van der Waals surface area contributed by atoms with E-state index in [0.717, 1.165) is 5.69 Å². The van der Waals surface area contributed by atoms with Gasteiger partial charge in [-0.1, -0.05) is 18.2 Å². The Morgan fingerprint density at radius 2 is 2.15 bits per heavy atom. The number of rotatable bonds is 3. The molecule has 0 saturated heterocycles. The molecule has 4 heteroatoms. The van der Waals surface area contributed by atoms with Crippen molar-refractivity contribution in [3.05, 3.63) is 66.6 Å². The molecule has 1 atom stereocenters. The second-order valence-electron chi connectivity index (χ2n) is 4.92. The highest BCUT2D eigenvalue weighted by Gasteiger charge is 2.43. The number of hydrogen-bond acceptors (Lipinski definition) is 3. The average Bonchev–Trinajstić information content (AvgIpc) is 2.98. The smallest absolute Gasteiger partial charge is 0.258 e. The van der Waals surface area contributed by atoms with Crippen LogP contribution in [0.2, 0.25) is 0 Å². The summed E-state index contributed by atoms with van der Waals surface area (Å²) < 4.78 is 5.53. The van der Waals surface area contributed by atoms with E-state index in [-0.39, 0.29) is 5.91 Å². The fourth-order valence-corrected chi connectivity index (χ4v) is 2.60. The Morgan fingerprint density at radius 1 is 1.35 bits per heavy atom. The van der Waals surface area contributed by atoms with Crippen LogP contribution in [-0.2, 0) is 5.66 Å². The molecule has 1 aliphatic rings. The van der Waals surface area contributed by atoms with Crippen molar-refractivity contribution < 1.29 is 9.21 Å². The van der Waals surface area contributed by atoms with Crippen molar-refractivity contribution in [2.24, 2.45) is 0 Å². The lowest BCUT2D eigenvalue weighted by atomic mass is 9.98. The highest BCUT2D eigenvalue weighted by molar-refractivity contribution is 6.02. The van der Waals surface area contributed by atoms with E-state index in [0.29, 0.717) is 17.9 Å². The molecule has 0 aliphatic carbocycles. The summed E-state index contributed by atoms with van der Waals surface area (Å²) in [5.41, 5.74) is 0.762. The number of carbonyl (C=O) groups is 1. The number of furan rings is 1. The van der Waals surface area contributed by atoms with Gasteiger partial charge in [0.15, 0.2) is 5.66 Å². The minimum Gasteiger partial charge on any atom is -0.465 e. The predicted octanol–water partition coefficient (Wildman–Crippen LogP) is 3.21. The molecular weight excluding hydrogens is 252 g/mol. The number of carbonyl (C=O) groups excluding carboxylic acids is 1. The lowest BCUT2D eigenvalue weighted by Gasteiger charge is -2.44. The molecular formula is C16H16N2O2. The molecule has 3 rings (SSSR count). The molecule has 1 aliphatic heterocycles. The summed E-state index contributed by atoms with van der Waals surface area (Å²) in [6.45, 7) is 6.12. The van der Waals surface area contributed by atoms with Gasteiger partial charge in [0.2, 0.25) is 0 Å². The van der Waals surface area contributed by atoms with Crippen molar-refractivity contribution in [2.75, 3.05) is 11.9 Å². The number of fused-ring (bicyclic) bond motifs is 1. The fraction of sp³-hybridized carbons (Fsp3) is 0.188. The van der Waals surface area contributed by atoms with Gasteiger partial charge in [-0.3, -0.25) is 4.79 Å². The molecule has 1 unspecified atom stereocenters. The summed E-state index contributed by atoms with van der Waals surface area (Å²) >= 11 is 0. The molecule has 0 radical (unpaired) electrons. The molecule has 0 spiro atoms. The Labute approximate surface area is 117 Å². The molecule has 1 N–H and O–H groups in total. The monoisotopic (exact) mass is 268 g/mol. The van der Waals surface area contributed by atoms with Gasteiger partial charge in [0.25, 0.3) is 5.91 Å². The molecule has 102 valence electrons. The molecule has 0 saturated carbocycles. The molecule has 1 amide bonds. The van der Waals surface area contributed by atoms with Gasteiger partial charge in [0.05, 0.1) is 11.8 Å². The largest absolute Gasteiger partial charge is 0.465 e. The third kappa shape index (κ3) is 1.72. The minimum atomic E-state index is -0.719. The van der Waals surface area contributed by atoms with Crippen LogP contribution in [0.3, 0.4) is 0 Å². The van der Waals surface area contributed by atoms with E-state index >= 15 is 0 Å². The Kier molecular flexibility index (Phi) is 2.86. The molecule has 1 aromatic carbocycles. The number of hydrogen-bond donors (Lipinski definition) is 1. The van der Waals surface area contributed by atoms with Crippen LogP contribution in [0.4, 0.5) is 5.69 Å². The maximum absolute atomic E-state index is 12.7. The minimum absolute atomic E-state index is 0.0295. The highest BCUT2D eigenvalue weighted by atomic mass is 16.3. The zero-order chi connectivity index (χ0) is 14.2. The molecule has 4 nitrogen and oxygen atoms in total. The SMILES string of the molecule is C=CCN1C(=O)c2ccccc2NC1(C)c1ccco1. The molecule has 2 aromatic rings. The van der Waals surface area contributed by atoms with Gasteiger partial charge >= 0.3 is 0 Å². The van der Waals surface area contributed by atoms with Crippen molar-refractivity contribution in [3.8, 4) is 0 Å². The summed E-state index contributed by atoms with van der Waals surface area (Å²) in [5.74, 6) is 0.667. The van der Waals surface area contributed by atoms with Crippen LogP contribution in [0.1, 0.15) is 23.0 Å². The second kappa shape index (κ2) is 4.56. The van der Waals surface area contributed by atoms with Crippen LogP contribution >= 0.6 is 0 Å². The van der Waals surface area contributed by atoms with Crippen molar-refractivity contribution in [1.82, 2.24) is 4.90 Å². The van der Waals surface area contributed by atoms with Gasteiger partial charge in [0, 0.05) is 12.2 Å². The van der Waals surface area contributed by atoms with Crippen LogP contribution in [0.15, 0.2) is 59.7 Å². The standard InChI is InChI=1S/C16H16N2O2/c1-3-10-18-15(19)12-7-4-5-8-13(12)17-16(18,2)14-9-6-11-20-14/h3-9,11,17H,1,10H2,2H3. The average molecular weight is 268 g/mol. The van der Waals surface area contributed by atoms with Crippen LogP contribution in [-0.4, -0.2) is 17.4 Å². The van der Waals surface area contributed by atoms with E-state index < -0.39 is 5.66 Å². The Bertz CT molecular complexity index is 648. The van der Waals surface area contributed by atoms with E-state index in [2.05, 4.69) is 11.9 Å². The summed E-state index contributed by atoms with van der Waals surface area (Å²) in [6.07, 6.45) is 3.33. The van der Waals surface area contributed by atoms with Crippen molar-refractivity contribution >= 4 is 11.6 Å². The quantitative estimate of drug-likeness (QED) is 0.869. The molecule has 0 bridgehead atoms. The lowest BCUT2D eigenvalue weighted by molar-refractivity contribution is 0.0526. The number of amides is 1. The van der Waals surface area contributed by atoms with E-state index in [1.807, 2.05) is 43.3 Å². The van der Waals surface area contributed by atoms with Crippen molar-refractivity contribution in [3.63, 3.8) is 0 Å². The number of anilines is 1. The number of benzene rings is 1. The zero-order valence-corrected chi connectivity index (χ0v) is 11.3. The van der Waals surface area contributed by atoms with E-state index in [1.54, 1.807) is 17.2 Å². The number of nitrogens with one attached hydrogen (secondary N) is 1. The summed E-state index contributed by atoms with van der Waals surface area (Å²) in [7, 11) is 0. The van der Waals surface area contributed by atoms with Crippen LogP contribution < -0.4 is 5.32 Å². The van der Waals surface area contributed by atoms with Crippen molar-refractivity contribution in [2.45, 2.75) is 12.6 Å². The first-order chi connectivity index (χ1) is 9.66. The van der Waals surface area contributed by atoms with Crippen LogP contribution in [0.5, 0.6) is 0 Å². The van der Waals surface area contributed by atoms with Gasteiger partial charge in [-0.05, 0) is 31.2 Å². The molecule has 20 heavy (non-hydrogen) atoms. The summed E-state index contributed by atoms with van der Waals surface area (Å²) in [4.78, 5) is 14.4. The normalized spacial score (nSPS) is 21.2. The Hall–Kier alpha value is -2.49. The number of nitrogens with zero attached hydrogens (tertiary/aromatic N) is 1. The van der Waals surface area contributed by atoms with Crippen molar-refractivity contribution in [1.29, 1.82) is 0 Å². The van der Waals surface area contributed by atoms with Gasteiger partial charge in [0.1, 0.15) is 5.76 Å². The third-order valence-corrected chi connectivity index (χ3v) is 3.63.